The number of nitrogens with zero attached hydrogens (tertiary/aromatic N) is 3. The summed E-state index contributed by atoms with van der Waals surface area (Å²) >= 11 is 0. The minimum atomic E-state index is -1.63. The molecule has 0 spiro atoms. The van der Waals surface area contributed by atoms with Crippen LogP contribution in [0, 0.1) is 11.5 Å². The first-order valence-electron chi connectivity index (χ1n) is 8.37. The number of aliphatic hydroxyl groups excluding tert-OH is 2. The highest BCUT2D eigenvalue weighted by atomic mass is 28.3. The fraction of sp³-hybridized carbons (Fsp3) is 0.529. The van der Waals surface area contributed by atoms with E-state index in [2.05, 4.69) is 41.1 Å². The van der Waals surface area contributed by atoms with E-state index in [1.165, 1.54) is 13.3 Å². The molecule has 5 N–H and O–H groups in total. The van der Waals surface area contributed by atoms with Crippen LogP contribution in [0.5, 0.6) is 0 Å². The van der Waals surface area contributed by atoms with Crippen molar-refractivity contribution in [1.29, 1.82) is 0 Å². The Balaban J connectivity index is 2.19. The van der Waals surface area contributed by atoms with E-state index >= 15 is 0 Å². The molecule has 0 aliphatic carbocycles. The summed E-state index contributed by atoms with van der Waals surface area (Å²) in [7, 11) is -1.63. The zero-order valence-corrected chi connectivity index (χ0v) is 16.3. The first-order chi connectivity index (χ1) is 12.1. The third kappa shape index (κ3) is 3.11. The molecule has 0 bridgehead atoms. The van der Waals surface area contributed by atoms with Gasteiger partial charge in [-0.3, -0.25) is 0 Å². The number of hydrogen-bond acceptors (Lipinski definition) is 7. The number of anilines is 1. The van der Waals surface area contributed by atoms with Gasteiger partial charge in [-0.15, -0.1) is 5.54 Å². The zero-order chi connectivity index (χ0) is 19.3. The van der Waals surface area contributed by atoms with Crippen molar-refractivity contribution < 1.29 is 20.1 Å². The zero-order valence-electron chi connectivity index (χ0n) is 15.3. The Labute approximate surface area is 152 Å². The highest BCUT2D eigenvalue weighted by Crippen LogP contribution is 2.40. The number of hydrogen-bond donors (Lipinski definition) is 4. The van der Waals surface area contributed by atoms with Crippen LogP contribution in [0.4, 0.5) is 5.82 Å². The van der Waals surface area contributed by atoms with Gasteiger partial charge in [-0.2, -0.15) is 0 Å². The topological polar surface area (TPSA) is 127 Å². The Kier molecular flexibility index (Phi) is 4.58. The summed E-state index contributed by atoms with van der Waals surface area (Å²) in [4.78, 5) is 8.31. The Morgan fingerprint density at radius 1 is 1.38 bits per heavy atom. The predicted octanol–water partition coefficient (Wildman–Crippen LogP) is 0.244. The molecule has 2 aromatic rings. The van der Waals surface area contributed by atoms with Gasteiger partial charge in [-0.1, -0.05) is 25.6 Å². The van der Waals surface area contributed by atoms with Crippen molar-refractivity contribution in [2.75, 3.05) is 12.3 Å². The fourth-order valence-corrected chi connectivity index (χ4v) is 3.54. The maximum atomic E-state index is 10.8. The first kappa shape index (κ1) is 18.8. The molecule has 1 fully saturated rings. The van der Waals surface area contributed by atoms with Gasteiger partial charge in [0.25, 0.3) is 0 Å². The largest absolute Gasteiger partial charge is 0.394 e. The average molecular weight is 376 g/mol. The third-order valence-corrected chi connectivity index (χ3v) is 5.27. The number of ether oxygens (including phenoxy) is 1. The molecule has 2 aromatic heterocycles. The Morgan fingerprint density at radius 2 is 2.08 bits per heavy atom. The lowest BCUT2D eigenvalue weighted by molar-refractivity contribution is -0.0948. The number of fused-ring (bicyclic) bond motifs is 1. The molecule has 3 rings (SSSR count). The van der Waals surface area contributed by atoms with Gasteiger partial charge < -0.3 is 30.4 Å². The van der Waals surface area contributed by atoms with Crippen molar-refractivity contribution in [3.8, 4) is 11.5 Å². The highest BCUT2D eigenvalue weighted by Gasteiger charge is 2.53. The molecule has 0 amide bonds. The van der Waals surface area contributed by atoms with Crippen LogP contribution in [0.1, 0.15) is 18.7 Å². The third-order valence-electron chi connectivity index (χ3n) is 4.40. The van der Waals surface area contributed by atoms with E-state index in [0.29, 0.717) is 16.6 Å². The monoisotopic (exact) mass is 376 g/mol. The normalized spacial score (nSPS) is 29.0. The summed E-state index contributed by atoms with van der Waals surface area (Å²) in [5.41, 5.74) is 8.80. The standard InChI is InChI=1S/C17H24N4O4Si/c1-17(24)13(23)11(8-22)25-16(17)21-7-10(5-6-26(2,3)4)12-14(18)19-9-20-15(12)21/h7,9,11,13,16,22-24H,8H2,1-4H3,(H2,18,19,20)/t11?,13-,16?,17+/m1/s1. The van der Waals surface area contributed by atoms with Gasteiger partial charge in [0.1, 0.15) is 43.7 Å². The predicted molar refractivity (Wildman–Crippen MR) is 99.8 cm³/mol. The second-order valence-electron chi connectivity index (χ2n) is 7.79. The number of nitrogen functional groups attached to an aromatic ring is 1. The van der Waals surface area contributed by atoms with E-state index in [1.807, 2.05) is 0 Å². The van der Waals surface area contributed by atoms with Crippen molar-refractivity contribution in [2.45, 2.75) is 50.6 Å². The molecule has 8 nitrogen and oxygen atoms in total. The molecule has 1 saturated heterocycles. The summed E-state index contributed by atoms with van der Waals surface area (Å²) in [6.45, 7) is 7.44. The summed E-state index contributed by atoms with van der Waals surface area (Å²) in [6, 6.07) is 0. The molecule has 0 radical (unpaired) electrons. The molecule has 2 unspecified atom stereocenters. The van der Waals surface area contributed by atoms with E-state index in [-0.39, 0.29) is 5.82 Å². The molecule has 4 atom stereocenters. The summed E-state index contributed by atoms with van der Waals surface area (Å²) in [5.74, 6) is 3.44. The van der Waals surface area contributed by atoms with Gasteiger partial charge in [-0.25, -0.2) is 9.97 Å². The summed E-state index contributed by atoms with van der Waals surface area (Å²) in [5, 5.41) is 31.0. The van der Waals surface area contributed by atoms with Crippen LogP contribution in [0.3, 0.4) is 0 Å². The summed E-state index contributed by atoms with van der Waals surface area (Å²) in [6.07, 6.45) is -0.0650. The molecular weight excluding hydrogens is 352 g/mol. The van der Waals surface area contributed by atoms with Gasteiger partial charge in [0.2, 0.25) is 0 Å². The first-order valence-corrected chi connectivity index (χ1v) is 11.9. The van der Waals surface area contributed by atoms with Crippen LogP contribution >= 0.6 is 0 Å². The quantitative estimate of drug-likeness (QED) is 0.437. The van der Waals surface area contributed by atoms with Crippen molar-refractivity contribution in [3.05, 3.63) is 18.1 Å². The van der Waals surface area contributed by atoms with Crippen molar-refractivity contribution in [3.63, 3.8) is 0 Å². The SMILES string of the molecule is C[C@@]1(O)C(n2cc(C#C[Si](C)(C)C)c3c(N)ncnc32)OC(CO)[C@H]1O. The molecule has 1 aliphatic heterocycles. The molecule has 140 valence electrons. The lowest BCUT2D eigenvalue weighted by Gasteiger charge is -2.27. The van der Waals surface area contributed by atoms with Crippen LogP contribution in [0.15, 0.2) is 12.5 Å². The number of aliphatic hydroxyl groups is 3. The van der Waals surface area contributed by atoms with Gasteiger partial charge in [-0.05, 0) is 6.92 Å². The Bertz CT molecular complexity index is 894. The highest BCUT2D eigenvalue weighted by molar-refractivity contribution is 6.83. The second kappa shape index (κ2) is 6.33. The number of rotatable bonds is 2. The lowest BCUT2D eigenvalue weighted by atomic mass is 9.96. The molecular formula is C17H24N4O4Si. The van der Waals surface area contributed by atoms with Crippen LogP contribution in [0.2, 0.25) is 19.6 Å². The molecule has 9 heteroatoms. The molecule has 0 saturated carbocycles. The molecule has 26 heavy (non-hydrogen) atoms. The van der Waals surface area contributed by atoms with Crippen LogP contribution in [0.25, 0.3) is 11.0 Å². The van der Waals surface area contributed by atoms with Crippen LogP contribution in [-0.4, -0.2) is 62.3 Å². The maximum absolute atomic E-state index is 10.8. The number of aromatic nitrogens is 3. The van der Waals surface area contributed by atoms with Gasteiger partial charge in [0.05, 0.1) is 17.6 Å². The molecule has 1 aliphatic rings. The van der Waals surface area contributed by atoms with E-state index in [0.717, 1.165) is 0 Å². The van der Waals surface area contributed by atoms with Crippen molar-refractivity contribution in [1.82, 2.24) is 14.5 Å². The Morgan fingerprint density at radius 3 is 2.65 bits per heavy atom. The van der Waals surface area contributed by atoms with Crippen molar-refractivity contribution >= 4 is 24.9 Å². The summed E-state index contributed by atoms with van der Waals surface area (Å²) < 4.78 is 7.30. The maximum Gasteiger partial charge on any atom is 0.167 e. The van der Waals surface area contributed by atoms with E-state index in [9.17, 15) is 15.3 Å². The number of nitrogens with two attached hydrogens (primary N) is 1. The average Bonchev–Trinajstić information content (AvgIpc) is 3.02. The lowest BCUT2D eigenvalue weighted by Crippen LogP contribution is -2.44. The van der Waals surface area contributed by atoms with E-state index in [4.69, 9.17) is 10.5 Å². The second-order valence-corrected chi connectivity index (χ2v) is 12.5. The van der Waals surface area contributed by atoms with E-state index < -0.39 is 38.7 Å². The fourth-order valence-electron chi connectivity index (χ4n) is 3.03. The smallest absolute Gasteiger partial charge is 0.167 e. The minimum absolute atomic E-state index is 0.283. The Hall–Kier alpha value is -1.96. The molecule has 0 aromatic carbocycles. The van der Waals surface area contributed by atoms with Crippen LogP contribution in [-0.2, 0) is 4.74 Å². The van der Waals surface area contributed by atoms with Gasteiger partial charge in [0, 0.05) is 6.20 Å². The van der Waals surface area contributed by atoms with Gasteiger partial charge in [0.15, 0.2) is 6.23 Å². The van der Waals surface area contributed by atoms with Crippen LogP contribution < -0.4 is 5.73 Å². The van der Waals surface area contributed by atoms with Crippen molar-refractivity contribution in [2.24, 2.45) is 0 Å². The van der Waals surface area contributed by atoms with E-state index in [1.54, 1.807) is 10.8 Å². The van der Waals surface area contributed by atoms with Gasteiger partial charge >= 0.3 is 0 Å². The molecule has 3 heterocycles. The minimum Gasteiger partial charge on any atom is -0.394 e.